The Kier molecular flexibility index (Phi) is 10.2. The normalized spacial score (nSPS) is 20.4. The number of benzene rings is 2. The van der Waals surface area contributed by atoms with E-state index in [9.17, 15) is 34.8 Å². The molecule has 3 N–H and O–H groups in total. The molecule has 0 radical (unpaired) electrons. The number of amides is 1. The number of sulfonamides is 1. The summed E-state index contributed by atoms with van der Waals surface area (Å²) in [5.74, 6) is 0.920. The number of carbonyl (C=O) groups excluding carboxylic acids is 1. The smallest absolute Gasteiger partial charge is 0.444 e. The Morgan fingerprint density at radius 2 is 1.64 bits per heavy atom. The van der Waals surface area contributed by atoms with Gasteiger partial charge in [-0.1, -0.05) is 18.2 Å². The van der Waals surface area contributed by atoms with E-state index in [2.05, 4.69) is 10.2 Å². The number of nitrogens with two attached hydrogens (primary N) is 1. The van der Waals surface area contributed by atoms with E-state index in [0.717, 1.165) is 30.1 Å². The molecule has 0 spiro atoms. The Hall–Kier alpha value is -2.53. The molecule has 1 amide bonds. The Morgan fingerprint density at radius 3 is 2.18 bits per heavy atom. The largest absolute Gasteiger partial charge is 0.501 e. The van der Waals surface area contributed by atoms with E-state index in [1.54, 1.807) is 4.90 Å². The molecule has 0 bridgehead atoms. The van der Waals surface area contributed by atoms with Crippen LogP contribution in [0.25, 0.3) is 0 Å². The van der Waals surface area contributed by atoms with Crippen molar-refractivity contribution in [2.75, 3.05) is 43.8 Å². The number of fused-ring (bicyclic) bond motifs is 1. The van der Waals surface area contributed by atoms with Gasteiger partial charge in [-0.2, -0.15) is 13.2 Å². The molecular weight excluding hydrogens is 642 g/mol. The lowest BCUT2D eigenvalue weighted by Crippen LogP contribution is -2.38. The minimum atomic E-state index is -5.91. The highest BCUT2D eigenvalue weighted by Gasteiger charge is 2.48. The van der Waals surface area contributed by atoms with Crippen molar-refractivity contribution >= 4 is 43.4 Å². The maximum absolute atomic E-state index is 13.6. The topological polar surface area (TPSA) is 139 Å². The van der Waals surface area contributed by atoms with Gasteiger partial charge in [0.1, 0.15) is 10.5 Å². The van der Waals surface area contributed by atoms with E-state index < -0.39 is 46.8 Å². The fraction of sp³-hybridized carbons (Fsp3) is 0.536. The Labute approximate surface area is 260 Å². The van der Waals surface area contributed by atoms with Crippen molar-refractivity contribution < 1.29 is 39.5 Å². The predicted octanol–water partition coefficient (Wildman–Crippen LogP) is 4.39. The van der Waals surface area contributed by atoms with Gasteiger partial charge < -0.3 is 19.9 Å². The number of halogens is 3. The summed E-state index contributed by atoms with van der Waals surface area (Å²) in [5.41, 5.74) is -6.60. The van der Waals surface area contributed by atoms with Crippen molar-refractivity contribution in [1.82, 2.24) is 9.80 Å². The molecule has 0 aliphatic carbocycles. The van der Waals surface area contributed by atoms with E-state index >= 15 is 0 Å². The lowest BCUT2D eigenvalue weighted by atomic mass is 10.0. The average Bonchev–Trinajstić information content (AvgIpc) is 3.48. The van der Waals surface area contributed by atoms with Gasteiger partial charge in [0.25, 0.3) is 9.84 Å². The molecule has 16 heteroatoms. The van der Waals surface area contributed by atoms with Gasteiger partial charge in [-0.25, -0.2) is 26.8 Å². The monoisotopic (exact) mass is 678 g/mol. The number of rotatable bonds is 10. The highest BCUT2D eigenvalue weighted by molar-refractivity contribution is 7.99. The predicted molar refractivity (Wildman–Crippen MR) is 161 cm³/mol. The van der Waals surface area contributed by atoms with Crippen LogP contribution in [0, 0.1) is 11.8 Å². The second kappa shape index (κ2) is 13.1. The van der Waals surface area contributed by atoms with Gasteiger partial charge in [-0.05, 0) is 69.4 Å². The highest BCUT2D eigenvalue weighted by Crippen LogP contribution is 2.37. The number of alkyl halides is 3. The van der Waals surface area contributed by atoms with Crippen molar-refractivity contribution in [3.63, 3.8) is 0 Å². The Morgan fingerprint density at radius 1 is 1.02 bits per heavy atom. The van der Waals surface area contributed by atoms with Gasteiger partial charge in [-0.3, -0.25) is 0 Å². The number of nitrogens with one attached hydrogen (secondary N) is 1. The summed E-state index contributed by atoms with van der Waals surface area (Å²) in [4.78, 5) is 15.5. The van der Waals surface area contributed by atoms with Crippen LogP contribution in [0.5, 0.6) is 0 Å². The molecule has 2 saturated heterocycles. The van der Waals surface area contributed by atoms with Gasteiger partial charge in [-0.15, -0.1) is 11.8 Å². The summed E-state index contributed by atoms with van der Waals surface area (Å²) >= 11 is 1.45. The van der Waals surface area contributed by atoms with Gasteiger partial charge >= 0.3 is 11.6 Å². The molecule has 2 aliphatic rings. The van der Waals surface area contributed by atoms with Gasteiger partial charge in [0, 0.05) is 49.4 Å². The first-order valence-corrected chi connectivity index (χ1v) is 18.0. The van der Waals surface area contributed by atoms with Crippen LogP contribution in [0.3, 0.4) is 0 Å². The number of primary sulfonamides is 1. The molecule has 0 aromatic heterocycles. The molecule has 2 aromatic rings. The van der Waals surface area contributed by atoms with Crippen molar-refractivity contribution in [3.05, 3.63) is 48.5 Å². The highest BCUT2D eigenvalue weighted by atomic mass is 32.2. The molecule has 0 saturated carbocycles. The van der Waals surface area contributed by atoms with Crippen LogP contribution in [0.2, 0.25) is 0 Å². The molecular formula is C28H37F3N4O6S3. The number of sulfone groups is 1. The molecule has 2 unspecified atom stereocenters. The second-order valence-electron chi connectivity index (χ2n) is 12.1. The van der Waals surface area contributed by atoms with Gasteiger partial charge in [0.05, 0.1) is 10.6 Å². The maximum Gasteiger partial charge on any atom is 0.501 e. The molecule has 2 heterocycles. The number of nitrogens with zero attached hydrogens (tertiary/aromatic N) is 2. The zero-order valence-corrected chi connectivity index (χ0v) is 27.0. The van der Waals surface area contributed by atoms with Crippen LogP contribution < -0.4 is 10.5 Å². The molecule has 244 valence electrons. The summed E-state index contributed by atoms with van der Waals surface area (Å²) < 4.78 is 95.0. The van der Waals surface area contributed by atoms with E-state index in [1.807, 2.05) is 51.1 Å². The fourth-order valence-electron chi connectivity index (χ4n) is 5.36. The zero-order valence-electron chi connectivity index (χ0n) is 24.6. The first kappa shape index (κ1) is 34.3. The molecule has 2 fully saturated rings. The summed E-state index contributed by atoms with van der Waals surface area (Å²) in [6.07, 6.45) is 0.121. The number of likely N-dealkylation sites (tertiary alicyclic amines) is 2. The number of hydrogen-bond donors (Lipinski definition) is 2. The molecule has 2 aliphatic heterocycles. The molecule has 4 rings (SSSR count). The molecule has 2 aromatic carbocycles. The van der Waals surface area contributed by atoms with E-state index in [4.69, 9.17) is 9.88 Å². The number of thioether (sulfide) groups is 1. The Bertz CT molecular complexity index is 1540. The minimum Gasteiger partial charge on any atom is -0.444 e. The van der Waals surface area contributed by atoms with Crippen molar-refractivity contribution in [2.24, 2.45) is 17.0 Å². The third kappa shape index (κ3) is 8.59. The van der Waals surface area contributed by atoms with Crippen LogP contribution in [-0.4, -0.2) is 88.4 Å². The van der Waals surface area contributed by atoms with Crippen LogP contribution >= 0.6 is 11.8 Å². The van der Waals surface area contributed by atoms with Crippen LogP contribution in [0.1, 0.15) is 27.2 Å². The minimum absolute atomic E-state index is 0.266. The number of carbonyl (C=O) groups is 1. The van der Waals surface area contributed by atoms with Crippen molar-refractivity contribution in [1.29, 1.82) is 0 Å². The van der Waals surface area contributed by atoms with Crippen LogP contribution in [0.4, 0.5) is 23.7 Å². The summed E-state index contributed by atoms with van der Waals surface area (Å²) in [6.45, 7) is 8.66. The quantitative estimate of drug-likeness (QED) is 0.351. The summed E-state index contributed by atoms with van der Waals surface area (Å²) in [7, 11) is -10.4. The lowest BCUT2D eigenvalue weighted by Gasteiger charge is -2.27. The summed E-state index contributed by atoms with van der Waals surface area (Å²) in [6, 6.07) is 11.3. The number of ether oxygens (including phenoxy) is 1. The third-order valence-electron chi connectivity index (χ3n) is 7.44. The average molecular weight is 679 g/mol. The van der Waals surface area contributed by atoms with Crippen molar-refractivity contribution in [3.8, 4) is 0 Å². The maximum atomic E-state index is 13.6. The zero-order chi connectivity index (χ0) is 32.5. The summed E-state index contributed by atoms with van der Waals surface area (Å²) in [5, 5.41) is 8.05. The first-order chi connectivity index (χ1) is 20.3. The molecule has 3 atom stereocenters. The SMILES string of the molecule is CC(C)(C)OC(=O)N1CC2CN(CC[C@H](CSc3ccccc3)Nc3ccc(S(N)(=O)=O)cc3S(=O)(=O)C(F)(F)F)CC2C1. The third-order valence-corrected chi connectivity index (χ3v) is 11.0. The van der Waals surface area contributed by atoms with Crippen molar-refractivity contribution in [2.45, 2.75) is 59.0 Å². The van der Waals surface area contributed by atoms with E-state index in [1.165, 1.54) is 11.8 Å². The van der Waals surface area contributed by atoms with Crippen LogP contribution in [-0.2, 0) is 24.6 Å². The van der Waals surface area contributed by atoms with Gasteiger partial charge in [0.2, 0.25) is 10.0 Å². The first-order valence-electron chi connectivity index (χ1n) is 14.0. The number of anilines is 1. The standard InChI is InChI=1S/C28H37F3N4O6S3/c1-27(2,3)41-26(36)35-16-19-14-34(15-20(19)17-35)12-11-21(18-42-22-7-5-4-6-8-22)33-24-10-9-23(44(32,39)40)13-25(24)43(37,38)28(29,30)31/h4-10,13,19-21,33H,11-12,14-18H2,1-3H3,(H2,32,39,40)/t19?,20?,21-/m1/s1. The molecule has 10 nitrogen and oxygen atoms in total. The fourth-order valence-corrected chi connectivity index (χ4v) is 7.92. The second-order valence-corrected chi connectivity index (χ2v) is 16.6. The lowest BCUT2D eigenvalue weighted by molar-refractivity contribution is -0.0436. The van der Waals surface area contributed by atoms with E-state index in [-0.39, 0.29) is 23.6 Å². The molecule has 44 heavy (non-hydrogen) atoms. The van der Waals surface area contributed by atoms with E-state index in [0.29, 0.717) is 37.9 Å². The Balaban J connectivity index is 1.50. The number of hydrogen-bond acceptors (Lipinski definition) is 9. The van der Waals surface area contributed by atoms with Gasteiger partial charge in [0.15, 0.2) is 0 Å². The van der Waals surface area contributed by atoms with Crippen LogP contribution in [0.15, 0.2) is 63.2 Å².